The Morgan fingerprint density at radius 3 is 2.40 bits per heavy atom. The normalized spacial score (nSPS) is 15.2. The van der Waals surface area contributed by atoms with Crippen molar-refractivity contribution >= 4 is 0 Å². The van der Waals surface area contributed by atoms with Crippen LogP contribution < -0.4 is 0 Å². The van der Waals surface area contributed by atoms with Gasteiger partial charge in [0.1, 0.15) is 0 Å². The number of hydrogen-bond donors (Lipinski definition) is 0. The molecule has 0 saturated carbocycles. The Hall–Kier alpha value is -1.82. The van der Waals surface area contributed by atoms with Gasteiger partial charge in [-0.15, -0.1) is 0 Å². The van der Waals surface area contributed by atoms with E-state index in [1.165, 1.54) is 27.8 Å². The van der Waals surface area contributed by atoms with E-state index in [4.69, 9.17) is 0 Å². The quantitative estimate of drug-likeness (QED) is 0.653. The Kier molecular flexibility index (Phi) is 4.13. The van der Waals surface area contributed by atoms with Crippen LogP contribution >= 0.6 is 0 Å². The van der Waals surface area contributed by atoms with Crippen LogP contribution in [0.15, 0.2) is 72.4 Å². The van der Waals surface area contributed by atoms with Gasteiger partial charge >= 0.3 is 0 Å². The van der Waals surface area contributed by atoms with Gasteiger partial charge in [0.05, 0.1) is 0 Å². The third-order valence-electron chi connectivity index (χ3n) is 4.31. The molecule has 1 aromatic carbocycles. The molecule has 1 aliphatic rings. The highest BCUT2D eigenvalue weighted by molar-refractivity contribution is 5.50. The van der Waals surface area contributed by atoms with Crippen LogP contribution in [0.25, 0.3) is 0 Å². The molecule has 0 fully saturated rings. The first kappa shape index (κ1) is 14.6. The molecule has 0 spiro atoms. The van der Waals surface area contributed by atoms with Crippen molar-refractivity contribution in [1.29, 1.82) is 0 Å². The standard InChI is InChI=1S/C20H24/c1-6-16-12-19(13-17(16)7-2)20(4,5)14-18-11-9-8-10-15(18)3/h6-12H,1-2,13-14H2,3-5H3. The van der Waals surface area contributed by atoms with Gasteiger partial charge in [0, 0.05) is 0 Å². The predicted octanol–water partition coefficient (Wildman–Crippen LogP) is 5.56. The number of aryl methyl sites for hydroxylation is 1. The van der Waals surface area contributed by atoms with Crippen molar-refractivity contribution in [1.82, 2.24) is 0 Å². The molecule has 0 heteroatoms. The smallest absolute Gasteiger partial charge is 0.00526 e. The lowest BCUT2D eigenvalue weighted by Crippen LogP contribution is -2.18. The van der Waals surface area contributed by atoms with Crippen molar-refractivity contribution in [2.75, 3.05) is 0 Å². The molecule has 0 radical (unpaired) electrons. The second-order valence-corrected chi connectivity index (χ2v) is 6.22. The first-order valence-electron chi connectivity index (χ1n) is 7.21. The minimum atomic E-state index is 0.158. The van der Waals surface area contributed by atoms with Crippen molar-refractivity contribution in [3.8, 4) is 0 Å². The van der Waals surface area contributed by atoms with E-state index in [9.17, 15) is 0 Å². The molecular formula is C20H24. The Morgan fingerprint density at radius 2 is 1.85 bits per heavy atom. The van der Waals surface area contributed by atoms with E-state index in [1.807, 2.05) is 12.2 Å². The summed E-state index contributed by atoms with van der Waals surface area (Å²) >= 11 is 0. The minimum Gasteiger partial charge on any atom is -0.0988 e. The van der Waals surface area contributed by atoms with Crippen molar-refractivity contribution in [3.05, 3.63) is 83.5 Å². The molecule has 0 saturated heterocycles. The zero-order valence-electron chi connectivity index (χ0n) is 12.9. The molecule has 0 nitrogen and oxygen atoms in total. The van der Waals surface area contributed by atoms with Gasteiger partial charge in [0.25, 0.3) is 0 Å². The molecule has 0 amide bonds. The highest BCUT2D eigenvalue weighted by Gasteiger charge is 2.27. The maximum atomic E-state index is 3.92. The van der Waals surface area contributed by atoms with E-state index < -0.39 is 0 Å². The molecule has 0 aliphatic heterocycles. The number of rotatable bonds is 5. The van der Waals surface area contributed by atoms with Gasteiger partial charge in [-0.1, -0.05) is 75.1 Å². The third kappa shape index (κ3) is 2.85. The van der Waals surface area contributed by atoms with Crippen LogP contribution in [0.1, 0.15) is 31.4 Å². The summed E-state index contributed by atoms with van der Waals surface area (Å²) in [6, 6.07) is 8.66. The Bertz CT molecular complexity index is 594. The maximum Gasteiger partial charge on any atom is -0.00526 e. The van der Waals surface area contributed by atoms with Crippen molar-refractivity contribution < 1.29 is 0 Å². The lowest BCUT2D eigenvalue weighted by molar-refractivity contribution is 0.435. The molecule has 0 atom stereocenters. The van der Waals surface area contributed by atoms with E-state index in [0.717, 1.165) is 12.8 Å². The molecule has 1 aromatic rings. The Balaban J connectivity index is 2.23. The lowest BCUT2D eigenvalue weighted by atomic mass is 9.77. The molecule has 104 valence electrons. The largest absolute Gasteiger partial charge is 0.0988 e. The van der Waals surface area contributed by atoms with Crippen molar-refractivity contribution in [3.63, 3.8) is 0 Å². The van der Waals surface area contributed by atoms with Crippen LogP contribution in [0.2, 0.25) is 0 Å². The topological polar surface area (TPSA) is 0 Å². The van der Waals surface area contributed by atoms with E-state index in [1.54, 1.807) is 0 Å². The molecule has 0 unspecified atom stereocenters. The summed E-state index contributed by atoms with van der Waals surface area (Å²) in [4.78, 5) is 0. The van der Waals surface area contributed by atoms with Crippen LogP contribution in [0.3, 0.4) is 0 Å². The van der Waals surface area contributed by atoms with Crippen LogP contribution in [-0.2, 0) is 6.42 Å². The van der Waals surface area contributed by atoms with Gasteiger partial charge < -0.3 is 0 Å². The summed E-state index contributed by atoms with van der Waals surface area (Å²) in [5.41, 5.74) is 6.97. The molecule has 0 N–H and O–H groups in total. The molecule has 0 bridgehead atoms. The van der Waals surface area contributed by atoms with Crippen LogP contribution in [0, 0.1) is 12.3 Å². The van der Waals surface area contributed by atoms with Crippen LogP contribution in [0.5, 0.6) is 0 Å². The zero-order chi connectivity index (χ0) is 14.8. The zero-order valence-corrected chi connectivity index (χ0v) is 12.9. The monoisotopic (exact) mass is 264 g/mol. The van der Waals surface area contributed by atoms with Crippen LogP contribution in [-0.4, -0.2) is 0 Å². The number of hydrogen-bond acceptors (Lipinski definition) is 0. The summed E-state index contributed by atoms with van der Waals surface area (Å²) in [6.07, 6.45) is 8.27. The van der Waals surface area contributed by atoms with Gasteiger partial charge in [-0.05, 0) is 47.5 Å². The molecular weight excluding hydrogens is 240 g/mol. The van der Waals surface area contributed by atoms with Gasteiger partial charge in [0.15, 0.2) is 0 Å². The molecule has 0 heterocycles. The summed E-state index contributed by atoms with van der Waals surface area (Å²) in [6.45, 7) is 14.7. The van der Waals surface area contributed by atoms with E-state index in [2.05, 4.69) is 64.3 Å². The second-order valence-electron chi connectivity index (χ2n) is 6.22. The van der Waals surface area contributed by atoms with Gasteiger partial charge in [-0.25, -0.2) is 0 Å². The lowest BCUT2D eigenvalue weighted by Gasteiger charge is -2.28. The second kappa shape index (κ2) is 5.66. The fraction of sp³-hybridized carbons (Fsp3) is 0.300. The highest BCUT2D eigenvalue weighted by Crippen LogP contribution is 2.40. The third-order valence-corrected chi connectivity index (χ3v) is 4.31. The minimum absolute atomic E-state index is 0.158. The van der Waals surface area contributed by atoms with Crippen molar-refractivity contribution in [2.24, 2.45) is 5.41 Å². The van der Waals surface area contributed by atoms with E-state index in [-0.39, 0.29) is 5.41 Å². The molecule has 20 heavy (non-hydrogen) atoms. The molecule has 0 aromatic heterocycles. The predicted molar refractivity (Wildman–Crippen MR) is 88.8 cm³/mol. The number of allylic oxidation sites excluding steroid dienone is 6. The summed E-state index contributed by atoms with van der Waals surface area (Å²) in [7, 11) is 0. The SMILES string of the molecule is C=CC1=C(C=C)CC(C(C)(C)Cc2ccccc2C)=C1. The Labute approximate surface area is 123 Å². The first-order chi connectivity index (χ1) is 9.47. The molecule has 2 rings (SSSR count). The Morgan fingerprint density at radius 1 is 1.15 bits per heavy atom. The van der Waals surface area contributed by atoms with Crippen LogP contribution in [0.4, 0.5) is 0 Å². The average Bonchev–Trinajstić information content (AvgIpc) is 2.85. The van der Waals surface area contributed by atoms with Gasteiger partial charge in [-0.3, -0.25) is 0 Å². The molecule has 1 aliphatic carbocycles. The number of benzene rings is 1. The average molecular weight is 264 g/mol. The van der Waals surface area contributed by atoms with E-state index >= 15 is 0 Å². The summed E-state index contributed by atoms with van der Waals surface area (Å²) < 4.78 is 0. The fourth-order valence-electron chi connectivity index (χ4n) is 2.85. The van der Waals surface area contributed by atoms with Gasteiger partial charge in [-0.2, -0.15) is 0 Å². The first-order valence-corrected chi connectivity index (χ1v) is 7.21. The van der Waals surface area contributed by atoms with Gasteiger partial charge in [0.2, 0.25) is 0 Å². The summed E-state index contributed by atoms with van der Waals surface area (Å²) in [5, 5.41) is 0. The maximum absolute atomic E-state index is 3.92. The van der Waals surface area contributed by atoms with Crippen molar-refractivity contribution in [2.45, 2.75) is 33.6 Å². The highest BCUT2D eigenvalue weighted by atomic mass is 14.3. The fourth-order valence-corrected chi connectivity index (χ4v) is 2.85. The summed E-state index contributed by atoms with van der Waals surface area (Å²) in [5.74, 6) is 0. The van der Waals surface area contributed by atoms with E-state index in [0.29, 0.717) is 0 Å².